The SMILES string of the molecule is Cc1ccc(S(=O)(=O)N(CC(=O)Nc2nnc(SC(C)C)s2)c2ccc(C(C)C)cc2)cc1. The van der Waals surface area contributed by atoms with Gasteiger partial charge in [-0.25, -0.2) is 8.42 Å². The number of anilines is 2. The van der Waals surface area contributed by atoms with Crippen molar-refractivity contribution in [2.45, 2.75) is 55.0 Å². The van der Waals surface area contributed by atoms with Crippen LogP contribution in [-0.4, -0.2) is 36.3 Å². The predicted molar refractivity (Wildman–Crippen MR) is 136 cm³/mol. The second-order valence-corrected chi connectivity index (χ2v) is 12.8. The first kappa shape index (κ1) is 25.2. The molecule has 1 amide bonds. The number of sulfonamides is 1. The number of nitrogens with one attached hydrogen (secondary N) is 1. The molecule has 2 aromatic carbocycles. The number of aryl methyl sites for hydroxylation is 1. The van der Waals surface area contributed by atoms with Crippen LogP contribution in [0.4, 0.5) is 10.8 Å². The fourth-order valence-corrected chi connectivity index (χ4v) is 6.39. The van der Waals surface area contributed by atoms with Crippen molar-refractivity contribution in [3.8, 4) is 0 Å². The molecule has 1 aromatic heterocycles. The summed E-state index contributed by atoms with van der Waals surface area (Å²) in [4.78, 5) is 13.0. The Morgan fingerprint density at radius 3 is 2.24 bits per heavy atom. The smallest absolute Gasteiger partial charge is 0.264 e. The quantitative estimate of drug-likeness (QED) is 0.314. The van der Waals surface area contributed by atoms with E-state index in [2.05, 4.69) is 29.4 Å². The number of hydrogen-bond acceptors (Lipinski definition) is 7. The van der Waals surface area contributed by atoms with Crippen LogP contribution in [-0.2, 0) is 14.8 Å². The molecule has 0 aliphatic rings. The lowest BCUT2D eigenvalue weighted by atomic mass is 10.0. The maximum Gasteiger partial charge on any atom is 0.264 e. The molecule has 33 heavy (non-hydrogen) atoms. The van der Waals surface area contributed by atoms with E-state index in [9.17, 15) is 13.2 Å². The van der Waals surface area contributed by atoms with E-state index < -0.39 is 15.9 Å². The van der Waals surface area contributed by atoms with E-state index >= 15 is 0 Å². The highest BCUT2D eigenvalue weighted by molar-refractivity contribution is 8.01. The van der Waals surface area contributed by atoms with Gasteiger partial charge in [0.15, 0.2) is 4.34 Å². The van der Waals surface area contributed by atoms with Gasteiger partial charge in [0, 0.05) is 5.25 Å². The summed E-state index contributed by atoms with van der Waals surface area (Å²) < 4.78 is 28.9. The van der Waals surface area contributed by atoms with Gasteiger partial charge in [-0.05, 0) is 42.7 Å². The number of carbonyl (C=O) groups excluding carboxylic acids is 1. The van der Waals surface area contributed by atoms with Crippen molar-refractivity contribution in [3.63, 3.8) is 0 Å². The van der Waals surface area contributed by atoms with E-state index in [1.807, 2.05) is 32.9 Å². The van der Waals surface area contributed by atoms with Crippen LogP contribution < -0.4 is 9.62 Å². The van der Waals surface area contributed by atoms with Gasteiger partial charge in [-0.2, -0.15) is 0 Å². The number of amides is 1. The maximum atomic E-state index is 13.5. The molecule has 1 N–H and O–H groups in total. The Bertz CT molecular complexity index is 1190. The molecule has 3 aromatic rings. The molecule has 0 saturated heterocycles. The topological polar surface area (TPSA) is 92.3 Å². The third-order valence-corrected chi connectivity index (χ3v) is 8.45. The molecule has 176 valence electrons. The van der Waals surface area contributed by atoms with E-state index in [0.717, 1.165) is 19.8 Å². The highest BCUT2D eigenvalue weighted by Crippen LogP contribution is 2.29. The number of aromatic nitrogens is 2. The second-order valence-electron chi connectivity index (χ2n) is 8.16. The van der Waals surface area contributed by atoms with Crippen LogP contribution in [0.25, 0.3) is 0 Å². The van der Waals surface area contributed by atoms with Crippen LogP contribution in [0.3, 0.4) is 0 Å². The lowest BCUT2D eigenvalue weighted by Crippen LogP contribution is -2.38. The van der Waals surface area contributed by atoms with Crippen molar-refractivity contribution in [1.29, 1.82) is 0 Å². The van der Waals surface area contributed by atoms with Gasteiger partial charge in [-0.3, -0.25) is 14.4 Å². The number of thioether (sulfide) groups is 1. The molecule has 0 aliphatic carbocycles. The van der Waals surface area contributed by atoms with Crippen molar-refractivity contribution < 1.29 is 13.2 Å². The summed E-state index contributed by atoms with van der Waals surface area (Å²) in [5, 5.41) is 11.4. The average molecular weight is 505 g/mol. The fourth-order valence-electron chi connectivity index (χ4n) is 2.98. The van der Waals surface area contributed by atoms with Gasteiger partial charge in [0.25, 0.3) is 10.0 Å². The number of nitrogens with zero attached hydrogens (tertiary/aromatic N) is 3. The van der Waals surface area contributed by atoms with Crippen molar-refractivity contribution in [2.24, 2.45) is 0 Å². The summed E-state index contributed by atoms with van der Waals surface area (Å²) in [5.41, 5.74) is 2.45. The van der Waals surface area contributed by atoms with Crippen molar-refractivity contribution in [1.82, 2.24) is 10.2 Å². The molecule has 0 bridgehead atoms. The molecule has 0 fully saturated rings. The Balaban J connectivity index is 1.88. The Hall–Kier alpha value is -2.43. The summed E-state index contributed by atoms with van der Waals surface area (Å²) in [6.45, 7) is 9.73. The Morgan fingerprint density at radius 1 is 1.03 bits per heavy atom. The summed E-state index contributed by atoms with van der Waals surface area (Å²) in [5.74, 6) is -0.185. The maximum absolute atomic E-state index is 13.5. The van der Waals surface area contributed by atoms with Crippen LogP contribution >= 0.6 is 23.1 Å². The highest BCUT2D eigenvalue weighted by Gasteiger charge is 2.27. The van der Waals surface area contributed by atoms with Gasteiger partial charge in [-0.15, -0.1) is 10.2 Å². The minimum Gasteiger partial charge on any atom is -0.299 e. The Kier molecular flexibility index (Phi) is 8.14. The normalized spacial score (nSPS) is 11.7. The predicted octanol–water partition coefficient (Wildman–Crippen LogP) is 5.30. The molecule has 0 radical (unpaired) electrons. The van der Waals surface area contributed by atoms with E-state index in [1.54, 1.807) is 48.2 Å². The zero-order chi connectivity index (χ0) is 24.2. The molecule has 0 aliphatic heterocycles. The van der Waals surface area contributed by atoms with Crippen molar-refractivity contribution >= 4 is 49.8 Å². The lowest BCUT2D eigenvalue weighted by molar-refractivity contribution is -0.114. The first-order valence-corrected chi connectivity index (χ1v) is 13.7. The third-order valence-electron chi connectivity index (χ3n) is 4.73. The van der Waals surface area contributed by atoms with E-state index in [4.69, 9.17) is 0 Å². The molecule has 0 spiro atoms. The first-order valence-electron chi connectivity index (χ1n) is 10.6. The fraction of sp³-hybridized carbons (Fsp3) is 0.348. The Morgan fingerprint density at radius 2 is 1.67 bits per heavy atom. The van der Waals surface area contributed by atoms with Crippen LogP contribution in [0.2, 0.25) is 0 Å². The number of benzene rings is 2. The largest absolute Gasteiger partial charge is 0.299 e. The molecule has 0 atom stereocenters. The van der Waals surface area contributed by atoms with Crippen LogP contribution in [0.5, 0.6) is 0 Å². The molecule has 10 heteroatoms. The minimum atomic E-state index is -3.97. The summed E-state index contributed by atoms with van der Waals surface area (Å²) in [6.07, 6.45) is 0. The summed E-state index contributed by atoms with van der Waals surface area (Å²) >= 11 is 2.81. The summed E-state index contributed by atoms with van der Waals surface area (Å²) in [6, 6.07) is 13.8. The van der Waals surface area contributed by atoms with E-state index in [1.165, 1.54) is 11.3 Å². The highest BCUT2D eigenvalue weighted by atomic mass is 32.2. The second kappa shape index (κ2) is 10.7. The number of rotatable bonds is 9. The van der Waals surface area contributed by atoms with Gasteiger partial charge < -0.3 is 0 Å². The van der Waals surface area contributed by atoms with Gasteiger partial charge in [-0.1, -0.05) is 80.6 Å². The average Bonchev–Trinajstić information content (AvgIpc) is 3.18. The van der Waals surface area contributed by atoms with E-state index in [-0.39, 0.29) is 11.4 Å². The van der Waals surface area contributed by atoms with E-state index in [0.29, 0.717) is 22.0 Å². The number of carbonyl (C=O) groups is 1. The van der Waals surface area contributed by atoms with Gasteiger partial charge >= 0.3 is 0 Å². The molecule has 3 rings (SSSR count). The van der Waals surface area contributed by atoms with Gasteiger partial charge in [0.05, 0.1) is 10.6 Å². The van der Waals surface area contributed by atoms with Crippen LogP contribution in [0, 0.1) is 6.92 Å². The third kappa shape index (κ3) is 6.55. The van der Waals surface area contributed by atoms with Crippen molar-refractivity contribution in [2.75, 3.05) is 16.2 Å². The molecule has 0 unspecified atom stereocenters. The Labute approximate surface area is 203 Å². The molecular weight excluding hydrogens is 476 g/mol. The number of hydrogen-bond donors (Lipinski definition) is 1. The van der Waals surface area contributed by atoms with Crippen molar-refractivity contribution in [3.05, 3.63) is 59.7 Å². The minimum absolute atomic E-state index is 0.125. The van der Waals surface area contributed by atoms with Crippen LogP contribution in [0.15, 0.2) is 57.8 Å². The molecule has 1 heterocycles. The monoisotopic (exact) mass is 504 g/mol. The van der Waals surface area contributed by atoms with Gasteiger partial charge in [0.2, 0.25) is 11.0 Å². The lowest BCUT2D eigenvalue weighted by Gasteiger charge is -2.24. The summed E-state index contributed by atoms with van der Waals surface area (Å²) in [7, 11) is -3.97. The molecule has 0 saturated carbocycles. The molecular formula is C23H28N4O3S3. The van der Waals surface area contributed by atoms with Crippen LogP contribution in [0.1, 0.15) is 44.7 Å². The molecule has 7 nitrogen and oxygen atoms in total. The zero-order valence-electron chi connectivity index (χ0n) is 19.3. The zero-order valence-corrected chi connectivity index (χ0v) is 21.7. The first-order chi connectivity index (χ1) is 15.6. The standard InChI is InChI=1S/C23H28N4O3S3/c1-15(2)18-8-10-19(11-9-18)27(33(29,30)20-12-6-17(5)7-13-20)14-21(28)24-22-25-26-23(32-22)31-16(3)4/h6-13,15-16H,14H2,1-5H3,(H,24,25,28). The van der Waals surface area contributed by atoms with Gasteiger partial charge in [0.1, 0.15) is 6.54 Å².